The lowest BCUT2D eigenvalue weighted by molar-refractivity contribution is -0.117. The molecule has 0 radical (unpaired) electrons. The van der Waals surface area contributed by atoms with Crippen LogP contribution < -0.4 is 10.1 Å². The van der Waals surface area contributed by atoms with Crippen molar-refractivity contribution in [2.45, 2.75) is 40.7 Å². The number of rotatable bonds is 7. The SMILES string of the molecule is CCN(CC(=O)Nc1c(C)cc(C)cc1C)[C@@H](C)c1cccc(OC)c1. The van der Waals surface area contributed by atoms with Crippen molar-refractivity contribution in [1.82, 2.24) is 4.90 Å². The number of aryl methyl sites for hydroxylation is 3. The van der Waals surface area contributed by atoms with Gasteiger partial charge in [0, 0.05) is 11.7 Å². The van der Waals surface area contributed by atoms with Crippen LogP contribution in [-0.2, 0) is 4.79 Å². The number of anilines is 1. The number of carbonyl (C=O) groups excluding carboxylic acids is 1. The fourth-order valence-corrected chi connectivity index (χ4v) is 3.38. The lowest BCUT2D eigenvalue weighted by Crippen LogP contribution is -2.35. The molecule has 1 N–H and O–H groups in total. The van der Waals surface area contributed by atoms with Gasteiger partial charge in [0.25, 0.3) is 0 Å². The largest absolute Gasteiger partial charge is 0.497 e. The molecule has 0 bridgehead atoms. The smallest absolute Gasteiger partial charge is 0.238 e. The minimum absolute atomic E-state index is 0.0108. The number of hydrogen-bond acceptors (Lipinski definition) is 3. The minimum Gasteiger partial charge on any atom is -0.497 e. The molecule has 0 aromatic heterocycles. The highest BCUT2D eigenvalue weighted by molar-refractivity contribution is 5.93. The summed E-state index contributed by atoms with van der Waals surface area (Å²) < 4.78 is 5.32. The van der Waals surface area contributed by atoms with Gasteiger partial charge in [-0.05, 0) is 63.1 Å². The van der Waals surface area contributed by atoms with Crippen LogP contribution in [0.4, 0.5) is 5.69 Å². The highest BCUT2D eigenvalue weighted by Gasteiger charge is 2.18. The van der Waals surface area contributed by atoms with Crippen molar-refractivity contribution in [3.05, 3.63) is 58.7 Å². The summed E-state index contributed by atoms with van der Waals surface area (Å²) in [5.74, 6) is 0.845. The summed E-state index contributed by atoms with van der Waals surface area (Å²) in [6.45, 7) is 11.5. The van der Waals surface area contributed by atoms with Crippen molar-refractivity contribution < 1.29 is 9.53 Å². The molecule has 2 rings (SSSR count). The first-order chi connectivity index (χ1) is 12.3. The highest BCUT2D eigenvalue weighted by atomic mass is 16.5. The van der Waals surface area contributed by atoms with E-state index < -0.39 is 0 Å². The lowest BCUT2D eigenvalue weighted by atomic mass is 10.0. The molecule has 0 aliphatic heterocycles. The van der Waals surface area contributed by atoms with Gasteiger partial charge in [-0.25, -0.2) is 0 Å². The second kappa shape index (κ2) is 8.86. The summed E-state index contributed by atoms with van der Waals surface area (Å²) in [4.78, 5) is 14.8. The number of carbonyl (C=O) groups is 1. The van der Waals surface area contributed by atoms with Crippen molar-refractivity contribution in [1.29, 1.82) is 0 Å². The maximum absolute atomic E-state index is 12.7. The summed E-state index contributed by atoms with van der Waals surface area (Å²) in [5.41, 5.74) is 5.46. The summed E-state index contributed by atoms with van der Waals surface area (Å²) in [6, 6.07) is 12.3. The molecular formula is C22H30N2O2. The van der Waals surface area contributed by atoms with Gasteiger partial charge < -0.3 is 10.1 Å². The molecule has 0 heterocycles. The van der Waals surface area contributed by atoms with Gasteiger partial charge in [-0.15, -0.1) is 0 Å². The quantitative estimate of drug-likeness (QED) is 0.787. The molecule has 0 saturated heterocycles. The van der Waals surface area contributed by atoms with Crippen LogP contribution in [0.2, 0.25) is 0 Å². The van der Waals surface area contributed by atoms with Gasteiger partial charge in [0.05, 0.1) is 13.7 Å². The maximum atomic E-state index is 12.7. The average Bonchev–Trinajstić information content (AvgIpc) is 2.62. The van der Waals surface area contributed by atoms with Gasteiger partial charge in [0.1, 0.15) is 5.75 Å². The van der Waals surface area contributed by atoms with E-state index in [0.717, 1.165) is 34.7 Å². The van der Waals surface area contributed by atoms with Gasteiger partial charge >= 0.3 is 0 Å². The van der Waals surface area contributed by atoms with Crippen molar-refractivity contribution in [2.75, 3.05) is 25.5 Å². The summed E-state index contributed by atoms with van der Waals surface area (Å²) in [7, 11) is 1.67. The Balaban J connectivity index is 2.10. The number of methoxy groups -OCH3 is 1. The number of hydrogen-bond donors (Lipinski definition) is 1. The van der Waals surface area contributed by atoms with Crippen LogP contribution in [0.1, 0.15) is 42.1 Å². The van der Waals surface area contributed by atoms with Crippen LogP contribution in [0.5, 0.6) is 5.75 Å². The molecule has 26 heavy (non-hydrogen) atoms. The minimum atomic E-state index is 0.0108. The molecule has 0 aliphatic carbocycles. The monoisotopic (exact) mass is 354 g/mol. The molecule has 1 amide bonds. The number of ether oxygens (including phenoxy) is 1. The number of nitrogens with zero attached hydrogens (tertiary/aromatic N) is 1. The molecule has 1 atom stereocenters. The first-order valence-electron chi connectivity index (χ1n) is 9.11. The van der Waals surface area contributed by atoms with Crippen LogP contribution >= 0.6 is 0 Å². The van der Waals surface area contributed by atoms with Gasteiger partial charge in [0.15, 0.2) is 0 Å². The molecule has 4 heteroatoms. The van der Waals surface area contributed by atoms with E-state index in [-0.39, 0.29) is 11.9 Å². The van der Waals surface area contributed by atoms with E-state index in [1.807, 2.05) is 32.0 Å². The molecule has 0 aliphatic rings. The fourth-order valence-electron chi connectivity index (χ4n) is 3.38. The number of benzene rings is 2. The Labute approximate surface area is 157 Å². The Hall–Kier alpha value is -2.33. The number of amides is 1. The predicted molar refractivity (Wildman–Crippen MR) is 108 cm³/mol. The first kappa shape index (κ1) is 20.0. The summed E-state index contributed by atoms with van der Waals surface area (Å²) in [5, 5.41) is 3.09. The van der Waals surface area contributed by atoms with E-state index in [2.05, 4.69) is 49.2 Å². The third-order valence-electron chi connectivity index (χ3n) is 4.82. The van der Waals surface area contributed by atoms with Gasteiger partial charge in [0.2, 0.25) is 5.91 Å². The second-order valence-electron chi connectivity index (χ2n) is 6.84. The van der Waals surface area contributed by atoms with Crippen molar-refractivity contribution in [3.8, 4) is 5.75 Å². The van der Waals surface area contributed by atoms with Crippen molar-refractivity contribution in [2.24, 2.45) is 0 Å². The predicted octanol–water partition coefficient (Wildman–Crippen LogP) is 4.64. The molecular weight excluding hydrogens is 324 g/mol. The van der Waals surface area contributed by atoms with Crippen LogP contribution in [0.25, 0.3) is 0 Å². The Morgan fingerprint density at radius 3 is 2.38 bits per heavy atom. The number of likely N-dealkylation sites (N-methyl/N-ethyl adjacent to an activating group) is 1. The molecule has 0 saturated carbocycles. The second-order valence-corrected chi connectivity index (χ2v) is 6.84. The maximum Gasteiger partial charge on any atom is 0.238 e. The first-order valence-corrected chi connectivity index (χ1v) is 9.11. The molecule has 2 aromatic carbocycles. The van der Waals surface area contributed by atoms with Gasteiger partial charge in [-0.1, -0.05) is 36.8 Å². The lowest BCUT2D eigenvalue weighted by Gasteiger charge is -2.28. The molecule has 2 aromatic rings. The standard InChI is InChI=1S/C22H30N2O2/c1-7-24(18(5)19-9-8-10-20(13-19)26-6)14-21(25)23-22-16(3)11-15(2)12-17(22)4/h8-13,18H,7,14H2,1-6H3,(H,23,25)/t18-/m0/s1. The van der Waals surface area contributed by atoms with E-state index >= 15 is 0 Å². The Kier molecular flexibility index (Phi) is 6.81. The molecule has 4 nitrogen and oxygen atoms in total. The van der Waals surface area contributed by atoms with Gasteiger partial charge in [-0.2, -0.15) is 0 Å². The topological polar surface area (TPSA) is 41.6 Å². The van der Waals surface area contributed by atoms with E-state index in [1.165, 1.54) is 5.56 Å². The zero-order valence-corrected chi connectivity index (χ0v) is 16.7. The molecule has 0 fully saturated rings. The summed E-state index contributed by atoms with van der Waals surface area (Å²) in [6.07, 6.45) is 0. The molecule has 0 spiro atoms. The van der Waals surface area contributed by atoms with Crippen molar-refractivity contribution >= 4 is 11.6 Å². The van der Waals surface area contributed by atoms with Crippen LogP contribution in [-0.4, -0.2) is 31.0 Å². The van der Waals surface area contributed by atoms with Crippen LogP contribution in [0.15, 0.2) is 36.4 Å². The Morgan fingerprint density at radius 1 is 1.15 bits per heavy atom. The Bertz CT molecular complexity index is 747. The third-order valence-corrected chi connectivity index (χ3v) is 4.82. The Morgan fingerprint density at radius 2 is 1.81 bits per heavy atom. The zero-order chi connectivity index (χ0) is 19.3. The molecule has 140 valence electrons. The van der Waals surface area contributed by atoms with E-state index in [4.69, 9.17) is 4.74 Å². The van der Waals surface area contributed by atoms with E-state index in [1.54, 1.807) is 7.11 Å². The fraction of sp³-hybridized carbons (Fsp3) is 0.409. The van der Waals surface area contributed by atoms with Gasteiger partial charge in [-0.3, -0.25) is 9.69 Å². The van der Waals surface area contributed by atoms with Crippen molar-refractivity contribution in [3.63, 3.8) is 0 Å². The average molecular weight is 354 g/mol. The zero-order valence-electron chi connectivity index (χ0n) is 16.7. The molecule has 0 unspecified atom stereocenters. The van der Waals surface area contributed by atoms with E-state index in [9.17, 15) is 4.79 Å². The number of nitrogens with one attached hydrogen (secondary N) is 1. The van der Waals surface area contributed by atoms with Crippen LogP contribution in [0.3, 0.4) is 0 Å². The van der Waals surface area contributed by atoms with E-state index in [0.29, 0.717) is 6.54 Å². The normalized spacial score (nSPS) is 12.1. The summed E-state index contributed by atoms with van der Waals surface area (Å²) >= 11 is 0. The van der Waals surface area contributed by atoms with Crippen LogP contribution in [0, 0.1) is 20.8 Å². The third kappa shape index (κ3) is 4.85. The highest BCUT2D eigenvalue weighted by Crippen LogP contribution is 2.25.